The highest BCUT2D eigenvalue weighted by Gasteiger charge is 2.64. The Morgan fingerprint density at radius 3 is 2.36 bits per heavy atom. The summed E-state index contributed by atoms with van der Waals surface area (Å²) in [7, 11) is 0. The number of benzene rings is 1. The summed E-state index contributed by atoms with van der Waals surface area (Å²) in [5.41, 5.74) is -2.83. The Bertz CT molecular complexity index is 801. The van der Waals surface area contributed by atoms with Gasteiger partial charge >= 0.3 is 6.18 Å². The van der Waals surface area contributed by atoms with Gasteiger partial charge in [0.2, 0.25) is 5.54 Å². The van der Waals surface area contributed by atoms with Crippen LogP contribution in [0.1, 0.15) is 18.4 Å². The van der Waals surface area contributed by atoms with Crippen LogP contribution >= 0.6 is 0 Å². The molecule has 1 aliphatic carbocycles. The maximum Gasteiger partial charge on any atom is 0.422 e. The number of rotatable bonds is 6. The van der Waals surface area contributed by atoms with E-state index in [2.05, 4.69) is 0 Å². The van der Waals surface area contributed by atoms with Crippen molar-refractivity contribution < 1.29 is 27.8 Å². The van der Waals surface area contributed by atoms with Crippen molar-refractivity contribution in [1.29, 1.82) is 0 Å². The summed E-state index contributed by atoms with van der Waals surface area (Å²) in [5.74, 6) is -0.351. The first kappa shape index (κ1) is 20.1. The van der Waals surface area contributed by atoms with Gasteiger partial charge in [0.05, 0.1) is 25.9 Å². The summed E-state index contributed by atoms with van der Waals surface area (Å²) in [6.45, 7) is -1.65. The predicted molar refractivity (Wildman–Crippen MR) is 90.5 cm³/mol. The SMILES string of the molecule is O=[N+]([O-])[C@@]12C=C(OCC(F)(F)F)C[C@@]([N+](=O)[O-])(CN(Cc3ccccc3)C1)C2. The number of fused-ring (bicyclic) bond motifs is 2. The molecule has 0 amide bonds. The molecule has 2 bridgehead atoms. The number of hydrogen-bond acceptors (Lipinski definition) is 6. The van der Waals surface area contributed by atoms with Gasteiger partial charge in [-0.3, -0.25) is 25.1 Å². The van der Waals surface area contributed by atoms with Crippen LogP contribution in [-0.2, 0) is 11.3 Å². The number of ether oxygens (including phenoxy) is 1. The zero-order chi connectivity index (χ0) is 20.6. The zero-order valence-corrected chi connectivity index (χ0v) is 14.7. The fourth-order valence-electron chi connectivity index (χ4n) is 4.01. The number of piperidine rings is 1. The van der Waals surface area contributed by atoms with Gasteiger partial charge in [0.15, 0.2) is 6.61 Å². The van der Waals surface area contributed by atoms with Crippen molar-refractivity contribution in [2.75, 3.05) is 19.7 Å². The van der Waals surface area contributed by atoms with Crippen LogP contribution in [0.2, 0.25) is 0 Å². The molecule has 0 N–H and O–H groups in total. The van der Waals surface area contributed by atoms with Crippen molar-refractivity contribution in [2.45, 2.75) is 36.6 Å². The molecule has 3 rings (SSSR count). The molecule has 0 spiro atoms. The molecule has 2 aliphatic rings. The number of halogens is 3. The van der Waals surface area contributed by atoms with Crippen molar-refractivity contribution in [1.82, 2.24) is 4.90 Å². The third-order valence-corrected chi connectivity index (χ3v) is 5.00. The van der Waals surface area contributed by atoms with E-state index in [1.54, 1.807) is 35.2 Å². The second-order valence-corrected chi connectivity index (χ2v) is 7.34. The number of nitrogens with zero attached hydrogens (tertiary/aromatic N) is 3. The van der Waals surface area contributed by atoms with Crippen molar-refractivity contribution in [3.8, 4) is 0 Å². The normalized spacial score (nSPS) is 27.8. The van der Waals surface area contributed by atoms with E-state index in [1.807, 2.05) is 0 Å². The molecule has 1 aromatic carbocycles. The molecule has 0 radical (unpaired) electrons. The summed E-state index contributed by atoms with van der Waals surface area (Å²) in [4.78, 5) is 24.0. The van der Waals surface area contributed by atoms with Crippen LogP contribution < -0.4 is 0 Å². The summed E-state index contributed by atoms with van der Waals surface area (Å²) in [6.07, 6.45) is -4.42. The molecule has 1 fully saturated rings. The molecule has 1 saturated heterocycles. The monoisotopic (exact) mass is 401 g/mol. The Balaban J connectivity index is 1.93. The lowest BCUT2D eigenvalue weighted by molar-refractivity contribution is -0.621. The van der Waals surface area contributed by atoms with E-state index >= 15 is 0 Å². The quantitative estimate of drug-likeness (QED) is 0.537. The molecule has 1 aliphatic heterocycles. The van der Waals surface area contributed by atoms with Gasteiger partial charge in [0.1, 0.15) is 5.76 Å². The van der Waals surface area contributed by atoms with Crippen molar-refractivity contribution in [3.05, 3.63) is 68.0 Å². The van der Waals surface area contributed by atoms with Crippen LogP contribution in [0.4, 0.5) is 13.2 Å². The second kappa shape index (κ2) is 7.04. The lowest BCUT2D eigenvalue weighted by Gasteiger charge is -2.44. The highest BCUT2D eigenvalue weighted by molar-refractivity contribution is 5.22. The molecule has 28 heavy (non-hydrogen) atoms. The minimum absolute atomic E-state index is 0.114. The van der Waals surface area contributed by atoms with E-state index in [4.69, 9.17) is 4.74 Å². The average molecular weight is 401 g/mol. The maximum absolute atomic E-state index is 12.5. The first-order chi connectivity index (χ1) is 13.0. The molecule has 0 unspecified atom stereocenters. The van der Waals surface area contributed by atoms with Crippen LogP contribution in [0.3, 0.4) is 0 Å². The highest BCUT2D eigenvalue weighted by Crippen LogP contribution is 2.44. The zero-order valence-electron chi connectivity index (χ0n) is 14.7. The molecule has 0 aromatic heterocycles. The molecule has 8 nitrogen and oxygen atoms in total. The standard InChI is InChI=1S/C17H18F3N3O5/c18-17(19,20)12-28-14-6-15(22(24)25)9-16(7-14,23(26)27)11-21(10-15)8-13-4-2-1-3-5-13/h1-6H,7-12H2/t15-,16+/m1/s1. The molecule has 0 saturated carbocycles. The van der Waals surface area contributed by atoms with E-state index in [1.165, 1.54) is 0 Å². The molecule has 1 aromatic rings. The highest BCUT2D eigenvalue weighted by atomic mass is 19.4. The molecule has 11 heteroatoms. The van der Waals surface area contributed by atoms with E-state index in [0.29, 0.717) is 0 Å². The van der Waals surface area contributed by atoms with Gasteiger partial charge in [0.25, 0.3) is 5.54 Å². The van der Waals surface area contributed by atoms with E-state index < -0.39 is 40.1 Å². The number of alkyl halides is 3. The number of nitro groups is 2. The van der Waals surface area contributed by atoms with E-state index in [9.17, 15) is 33.4 Å². The van der Waals surface area contributed by atoms with Gasteiger partial charge in [-0.1, -0.05) is 30.3 Å². The summed E-state index contributed by atoms with van der Waals surface area (Å²) in [6, 6.07) is 8.98. The van der Waals surface area contributed by atoms with Crippen LogP contribution in [0, 0.1) is 20.2 Å². The minimum Gasteiger partial charge on any atom is -0.488 e. The van der Waals surface area contributed by atoms with Crippen LogP contribution in [-0.4, -0.2) is 51.7 Å². The fraction of sp³-hybridized carbons (Fsp3) is 0.529. The van der Waals surface area contributed by atoms with Crippen LogP contribution in [0.5, 0.6) is 0 Å². The Morgan fingerprint density at radius 1 is 1.11 bits per heavy atom. The van der Waals surface area contributed by atoms with Gasteiger partial charge < -0.3 is 4.74 Å². The number of likely N-dealkylation sites (tertiary alicyclic amines) is 1. The maximum atomic E-state index is 12.5. The van der Waals surface area contributed by atoms with Crippen molar-refractivity contribution in [3.63, 3.8) is 0 Å². The van der Waals surface area contributed by atoms with Gasteiger partial charge in [-0.05, 0) is 5.56 Å². The fourth-order valence-corrected chi connectivity index (χ4v) is 4.01. The Morgan fingerprint density at radius 2 is 1.79 bits per heavy atom. The molecular weight excluding hydrogens is 383 g/mol. The summed E-state index contributed by atoms with van der Waals surface area (Å²) in [5, 5.41) is 23.7. The van der Waals surface area contributed by atoms with E-state index in [-0.39, 0.29) is 31.8 Å². The van der Waals surface area contributed by atoms with Gasteiger partial charge in [-0.15, -0.1) is 0 Å². The van der Waals surface area contributed by atoms with Crippen LogP contribution in [0.15, 0.2) is 42.2 Å². The van der Waals surface area contributed by atoms with Crippen molar-refractivity contribution in [2.24, 2.45) is 0 Å². The predicted octanol–water partition coefficient (Wildman–Crippen LogP) is 2.79. The Hall–Kier alpha value is -2.69. The summed E-state index contributed by atoms with van der Waals surface area (Å²) >= 11 is 0. The first-order valence-electron chi connectivity index (χ1n) is 8.50. The third-order valence-electron chi connectivity index (χ3n) is 5.00. The van der Waals surface area contributed by atoms with E-state index in [0.717, 1.165) is 11.6 Å². The van der Waals surface area contributed by atoms with Crippen LogP contribution in [0.25, 0.3) is 0 Å². The average Bonchev–Trinajstić information content (AvgIpc) is 2.59. The smallest absolute Gasteiger partial charge is 0.422 e. The largest absolute Gasteiger partial charge is 0.488 e. The minimum atomic E-state index is -4.64. The van der Waals surface area contributed by atoms with Crippen molar-refractivity contribution >= 4 is 0 Å². The Labute approximate surface area is 157 Å². The first-order valence-corrected chi connectivity index (χ1v) is 8.50. The molecular formula is C17H18F3N3O5. The third kappa shape index (κ3) is 4.08. The second-order valence-electron chi connectivity index (χ2n) is 7.34. The molecule has 2 atom stereocenters. The topological polar surface area (TPSA) is 98.8 Å². The lowest BCUT2D eigenvalue weighted by atomic mass is 9.71. The lowest BCUT2D eigenvalue weighted by Crippen LogP contribution is -2.66. The van der Waals surface area contributed by atoms with Gasteiger partial charge in [-0.25, -0.2) is 0 Å². The van der Waals surface area contributed by atoms with Gasteiger partial charge in [-0.2, -0.15) is 13.2 Å². The molecule has 1 heterocycles. The summed E-state index contributed by atoms with van der Waals surface area (Å²) < 4.78 is 42.2. The Kier molecular flexibility index (Phi) is 5.04. The number of hydrogen-bond donors (Lipinski definition) is 0. The molecule has 152 valence electrons. The van der Waals surface area contributed by atoms with Gasteiger partial charge in [0, 0.05) is 22.5 Å².